The van der Waals surface area contributed by atoms with Gasteiger partial charge >= 0.3 is 0 Å². The van der Waals surface area contributed by atoms with Gasteiger partial charge in [-0.2, -0.15) is 0 Å². The van der Waals surface area contributed by atoms with Crippen LogP contribution in [0.1, 0.15) is 19.2 Å². The first-order valence-electron chi connectivity index (χ1n) is 4.30. The van der Waals surface area contributed by atoms with E-state index in [1.54, 1.807) is 12.4 Å². The number of allylic oxidation sites excluding steroid dienone is 2. The molecule has 68 valence electrons. The minimum absolute atomic E-state index is 0.895. The van der Waals surface area contributed by atoms with E-state index >= 15 is 0 Å². The molecule has 0 spiro atoms. The Balaban J connectivity index is 3.00. The van der Waals surface area contributed by atoms with Gasteiger partial charge in [-0.05, 0) is 18.1 Å². The predicted octanol–water partition coefficient (Wildman–Crippen LogP) is 2.96. The van der Waals surface area contributed by atoms with E-state index in [2.05, 4.69) is 25.1 Å². The fourth-order valence-corrected chi connectivity index (χ4v) is 1.06. The molecular formula is C11H14N2. The second kappa shape index (κ2) is 4.45. The first kappa shape index (κ1) is 9.52. The summed E-state index contributed by atoms with van der Waals surface area (Å²) in [5.41, 5.74) is 1.18. The van der Waals surface area contributed by atoms with Crippen LogP contribution in [0.25, 0.3) is 12.3 Å². The first-order valence-corrected chi connectivity index (χ1v) is 4.30. The van der Waals surface area contributed by atoms with Crippen molar-refractivity contribution in [3.8, 4) is 0 Å². The average Bonchev–Trinajstić information content (AvgIpc) is 2.61. The van der Waals surface area contributed by atoms with Crippen LogP contribution in [0.4, 0.5) is 0 Å². The van der Waals surface area contributed by atoms with Crippen LogP contribution in [0.15, 0.2) is 37.2 Å². The zero-order chi connectivity index (χ0) is 9.68. The Morgan fingerprint density at radius 3 is 2.92 bits per heavy atom. The van der Waals surface area contributed by atoms with Gasteiger partial charge in [-0.1, -0.05) is 26.2 Å². The highest BCUT2D eigenvalue weighted by molar-refractivity contribution is 5.51. The summed E-state index contributed by atoms with van der Waals surface area (Å²) in [7, 11) is 0. The van der Waals surface area contributed by atoms with Gasteiger partial charge in [0.2, 0.25) is 0 Å². The summed E-state index contributed by atoms with van der Waals surface area (Å²) in [6.45, 7) is 9.52. The van der Waals surface area contributed by atoms with Gasteiger partial charge in [0, 0.05) is 18.6 Å². The van der Waals surface area contributed by atoms with Crippen LogP contribution < -0.4 is 0 Å². The highest BCUT2D eigenvalue weighted by Gasteiger charge is 1.96. The Hall–Kier alpha value is -1.57. The molecule has 0 saturated carbocycles. The molecule has 1 heterocycles. The molecule has 0 aliphatic carbocycles. The maximum absolute atomic E-state index is 4.19. The number of aromatic nitrogens is 2. The van der Waals surface area contributed by atoms with Crippen molar-refractivity contribution < 1.29 is 0 Å². The van der Waals surface area contributed by atoms with E-state index in [-0.39, 0.29) is 0 Å². The molecule has 0 aromatic carbocycles. The molecule has 0 atom stereocenters. The summed E-state index contributed by atoms with van der Waals surface area (Å²) in [6, 6.07) is 0. The molecule has 0 aliphatic heterocycles. The zero-order valence-electron chi connectivity index (χ0n) is 7.90. The summed E-state index contributed by atoms with van der Waals surface area (Å²) in [6.07, 6.45) is 10.2. The molecule has 0 N–H and O–H groups in total. The highest BCUT2D eigenvalue weighted by Crippen LogP contribution is 2.08. The van der Waals surface area contributed by atoms with Crippen LogP contribution in [-0.4, -0.2) is 9.55 Å². The summed E-state index contributed by atoms with van der Waals surface area (Å²) in [5.74, 6) is 0.895. The lowest BCUT2D eigenvalue weighted by atomic mass is 10.2. The predicted molar refractivity (Wildman–Crippen MR) is 57.1 cm³/mol. The van der Waals surface area contributed by atoms with Crippen LogP contribution in [0, 0.1) is 0 Å². The van der Waals surface area contributed by atoms with Gasteiger partial charge < -0.3 is 4.57 Å². The summed E-state index contributed by atoms with van der Waals surface area (Å²) in [5, 5.41) is 0. The summed E-state index contributed by atoms with van der Waals surface area (Å²) < 4.78 is 1.87. The Labute approximate surface area is 78.9 Å². The molecule has 2 nitrogen and oxygen atoms in total. The van der Waals surface area contributed by atoms with E-state index in [9.17, 15) is 0 Å². The molecular weight excluding hydrogens is 160 g/mol. The Kier molecular flexibility index (Phi) is 3.26. The lowest BCUT2D eigenvalue weighted by Crippen LogP contribution is -1.88. The number of hydrogen-bond acceptors (Lipinski definition) is 1. The zero-order valence-corrected chi connectivity index (χ0v) is 7.90. The average molecular weight is 174 g/mol. The molecule has 0 saturated heterocycles. The van der Waals surface area contributed by atoms with Crippen LogP contribution in [0.3, 0.4) is 0 Å². The SMILES string of the molecule is C=C/C(=C\c1nccn1C=C)CC. The van der Waals surface area contributed by atoms with Crippen LogP contribution in [0.2, 0.25) is 0 Å². The lowest BCUT2D eigenvalue weighted by Gasteiger charge is -1.98. The number of hydrogen-bond donors (Lipinski definition) is 0. The fraction of sp³-hybridized carbons (Fsp3) is 0.182. The Bertz CT molecular complexity index is 332. The first-order chi connectivity index (χ1) is 6.31. The van der Waals surface area contributed by atoms with Crippen molar-refractivity contribution >= 4 is 12.3 Å². The largest absolute Gasteiger partial charge is 0.308 e. The van der Waals surface area contributed by atoms with Gasteiger partial charge in [-0.25, -0.2) is 4.98 Å². The van der Waals surface area contributed by atoms with Crippen molar-refractivity contribution in [3.63, 3.8) is 0 Å². The summed E-state index contributed by atoms with van der Waals surface area (Å²) >= 11 is 0. The van der Waals surface area contributed by atoms with Crippen LogP contribution >= 0.6 is 0 Å². The van der Waals surface area contributed by atoms with Crippen LogP contribution in [0.5, 0.6) is 0 Å². The molecule has 13 heavy (non-hydrogen) atoms. The van der Waals surface area contributed by atoms with Gasteiger partial charge in [-0.3, -0.25) is 0 Å². The van der Waals surface area contributed by atoms with Crippen molar-refractivity contribution in [1.29, 1.82) is 0 Å². The minimum atomic E-state index is 0.895. The monoisotopic (exact) mass is 174 g/mol. The van der Waals surface area contributed by atoms with Gasteiger partial charge in [0.25, 0.3) is 0 Å². The van der Waals surface area contributed by atoms with E-state index in [1.165, 1.54) is 5.57 Å². The number of rotatable bonds is 4. The molecule has 1 rings (SSSR count). The van der Waals surface area contributed by atoms with Gasteiger partial charge in [-0.15, -0.1) is 0 Å². The fourth-order valence-electron chi connectivity index (χ4n) is 1.06. The molecule has 0 radical (unpaired) electrons. The second-order valence-corrected chi connectivity index (χ2v) is 2.65. The second-order valence-electron chi connectivity index (χ2n) is 2.65. The molecule has 2 heteroatoms. The standard InChI is InChI=1S/C11H14N2/c1-4-10(5-2)9-11-12-7-8-13(11)6-3/h4,6-9H,1,3,5H2,2H3/b10-9+. The molecule has 0 aliphatic rings. The van der Waals surface area contributed by atoms with E-state index < -0.39 is 0 Å². The van der Waals surface area contributed by atoms with Crippen LogP contribution in [-0.2, 0) is 0 Å². The molecule has 0 bridgehead atoms. The third kappa shape index (κ3) is 2.18. The maximum atomic E-state index is 4.19. The maximum Gasteiger partial charge on any atom is 0.136 e. The minimum Gasteiger partial charge on any atom is -0.308 e. The Morgan fingerprint density at radius 2 is 2.38 bits per heavy atom. The summed E-state index contributed by atoms with van der Waals surface area (Å²) in [4.78, 5) is 4.19. The molecule has 0 fully saturated rings. The van der Waals surface area contributed by atoms with Crippen molar-refractivity contribution in [3.05, 3.63) is 43.0 Å². The lowest BCUT2D eigenvalue weighted by molar-refractivity contribution is 1.09. The van der Waals surface area contributed by atoms with E-state index in [4.69, 9.17) is 0 Å². The van der Waals surface area contributed by atoms with E-state index in [1.807, 2.05) is 22.9 Å². The molecule has 0 amide bonds. The van der Waals surface area contributed by atoms with Crippen molar-refractivity contribution in [2.24, 2.45) is 0 Å². The third-order valence-corrected chi connectivity index (χ3v) is 1.88. The third-order valence-electron chi connectivity index (χ3n) is 1.88. The van der Waals surface area contributed by atoms with E-state index in [0.717, 1.165) is 12.2 Å². The Morgan fingerprint density at radius 1 is 1.62 bits per heavy atom. The normalized spacial score (nSPS) is 11.3. The quantitative estimate of drug-likeness (QED) is 0.642. The molecule has 1 aromatic rings. The van der Waals surface area contributed by atoms with Gasteiger partial charge in [0.15, 0.2) is 0 Å². The van der Waals surface area contributed by atoms with Crippen molar-refractivity contribution in [1.82, 2.24) is 9.55 Å². The number of nitrogens with zero attached hydrogens (tertiary/aromatic N) is 2. The van der Waals surface area contributed by atoms with Gasteiger partial charge in [0.05, 0.1) is 0 Å². The van der Waals surface area contributed by atoms with E-state index in [0.29, 0.717) is 0 Å². The van der Waals surface area contributed by atoms with Crippen molar-refractivity contribution in [2.45, 2.75) is 13.3 Å². The number of imidazole rings is 1. The van der Waals surface area contributed by atoms with Gasteiger partial charge in [0.1, 0.15) is 5.82 Å². The smallest absolute Gasteiger partial charge is 0.136 e. The van der Waals surface area contributed by atoms with Crippen molar-refractivity contribution in [2.75, 3.05) is 0 Å². The topological polar surface area (TPSA) is 17.8 Å². The highest BCUT2D eigenvalue weighted by atomic mass is 15.0. The molecule has 0 unspecified atom stereocenters. The molecule has 1 aromatic heterocycles.